The number of benzene rings is 10. The predicted octanol–water partition coefficient (Wildman–Crippen LogP) is 14.6. The topological polar surface area (TPSA) is 0 Å². The van der Waals surface area contributed by atoms with Crippen LogP contribution in [0.15, 0.2) is 194 Å². The molecule has 0 radical (unpaired) electrons. The molecule has 0 aliphatic rings. The molecule has 0 nitrogen and oxygen atoms in total. The zero-order valence-electron chi connectivity index (χ0n) is 28.6. The van der Waals surface area contributed by atoms with Crippen LogP contribution in [0.4, 0.5) is 0 Å². The Bertz CT molecular complexity index is 2930. The van der Waals surface area contributed by atoms with Gasteiger partial charge in [0.15, 0.2) is 0 Å². The fourth-order valence-corrected chi connectivity index (χ4v) is 8.26. The molecule has 0 unspecified atom stereocenters. The van der Waals surface area contributed by atoms with E-state index in [0.29, 0.717) is 0 Å². The molecular formula is C52H34. The van der Waals surface area contributed by atoms with Gasteiger partial charge in [0.05, 0.1) is 0 Å². The fraction of sp³-hybridized carbons (Fsp3) is 0. The molecule has 242 valence electrons. The first-order chi connectivity index (χ1) is 25.8. The Hall–Kier alpha value is -6.76. The summed E-state index contributed by atoms with van der Waals surface area (Å²) in [6, 6.07) is 70.9. The lowest BCUT2D eigenvalue weighted by Crippen LogP contribution is -1.93. The maximum Gasteiger partial charge on any atom is -0.00199 e. The van der Waals surface area contributed by atoms with Crippen molar-refractivity contribution in [3.8, 4) is 33.4 Å². The first kappa shape index (κ1) is 30.1. The number of fused-ring (bicyclic) bond motifs is 6. The molecule has 10 rings (SSSR count). The van der Waals surface area contributed by atoms with Gasteiger partial charge in [-0.2, -0.15) is 0 Å². The van der Waals surface area contributed by atoms with Crippen LogP contribution in [0.2, 0.25) is 0 Å². The second-order valence-corrected chi connectivity index (χ2v) is 13.6. The molecule has 0 aliphatic heterocycles. The summed E-state index contributed by atoms with van der Waals surface area (Å²) in [5.41, 5.74) is 9.95. The van der Waals surface area contributed by atoms with E-state index in [1.807, 2.05) is 0 Å². The Morgan fingerprint density at radius 2 is 0.731 bits per heavy atom. The smallest absolute Gasteiger partial charge is 0.00199 e. The molecule has 0 amide bonds. The predicted molar refractivity (Wildman–Crippen MR) is 226 cm³/mol. The third-order valence-corrected chi connectivity index (χ3v) is 10.7. The number of hydrogen-bond donors (Lipinski definition) is 0. The highest BCUT2D eigenvalue weighted by molar-refractivity contribution is 6.27. The van der Waals surface area contributed by atoms with Crippen LogP contribution in [0.3, 0.4) is 0 Å². The third-order valence-electron chi connectivity index (χ3n) is 10.7. The lowest BCUT2D eigenvalue weighted by atomic mass is 9.82. The summed E-state index contributed by atoms with van der Waals surface area (Å²) in [4.78, 5) is 0. The van der Waals surface area contributed by atoms with Crippen molar-refractivity contribution in [1.82, 2.24) is 0 Å². The van der Waals surface area contributed by atoms with Crippen molar-refractivity contribution >= 4 is 66.0 Å². The van der Waals surface area contributed by atoms with Gasteiger partial charge in [0, 0.05) is 0 Å². The maximum absolute atomic E-state index is 2.40. The first-order valence-electron chi connectivity index (χ1n) is 18.0. The van der Waals surface area contributed by atoms with Crippen molar-refractivity contribution < 1.29 is 0 Å². The molecule has 10 aromatic rings. The molecule has 0 fully saturated rings. The highest BCUT2D eigenvalue weighted by Gasteiger charge is 2.20. The van der Waals surface area contributed by atoms with E-state index in [2.05, 4.69) is 206 Å². The van der Waals surface area contributed by atoms with E-state index in [0.717, 1.165) is 0 Å². The van der Waals surface area contributed by atoms with Crippen LogP contribution in [0.25, 0.3) is 99.4 Å². The molecule has 0 N–H and O–H groups in total. The third kappa shape index (κ3) is 5.00. The van der Waals surface area contributed by atoms with Gasteiger partial charge in [-0.05, 0) is 104 Å². The molecule has 10 aromatic carbocycles. The summed E-state index contributed by atoms with van der Waals surface area (Å²) in [6.07, 6.45) is 4.48. The van der Waals surface area contributed by atoms with Gasteiger partial charge < -0.3 is 0 Å². The molecule has 0 spiro atoms. The molecule has 0 saturated carbocycles. The van der Waals surface area contributed by atoms with Gasteiger partial charge in [-0.15, -0.1) is 0 Å². The second-order valence-electron chi connectivity index (χ2n) is 13.6. The normalized spacial score (nSPS) is 11.8. The molecule has 0 aromatic heterocycles. The van der Waals surface area contributed by atoms with Crippen LogP contribution in [-0.2, 0) is 0 Å². The van der Waals surface area contributed by atoms with Crippen molar-refractivity contribution in [3.05, 3.63) is 205 Å². The van der Waals surface area contributed by atoms with E-state index in [-0.39, 0.29) is 0 Å². The Morgan fingerprint density at radius 3 is 1.37 bits per heavy atom. The standard InChI is InChI=1S/C52H34/c1-2-14-36(15-3-1)37-29-26-35(27-30-37)28-31-38-32-33-49(43-20-7-6-17-40(38)43)51-45-22-10-12-24-47(45)52(48-25-13-11-23-46(48)51)50-34-39-16-4-5-18-41(39)42-19-8-9-21-44(42)50/h1-34H. The first-order valence-corrected chi connectivity index (χ1v) is 18.0. The lowest BCUT2D eigenvalue weighted by Gasteiger charge is -2.20. The van der Waals surface area contributed by atoms with Crippen LogP contribution in [0.5, 0.6) is 0 Å². The highest BCUT2D eigenvalue weighted by atomic mass is 14.2. The second kappa shape index (κ2) is 12.5. The minimum Gasteiger partial charge on any atom is -0.0622 e. The molecule has 0 bridgehead atoms. The zero-order valence-corrected chi connectivity index (χ0v) is 28.6. The van der Waals surface area contributed by atoms with Crippen molar-refractivity contribution in [1.29, 1.82) is 0 Å². The zero-order chi connectivity index (χ0) is 34.4. The van der Waals surface area contributed by atoms with Gasteiger partial charge in [0.2, 0.25) is 0 Å². The van der Waals surface area contributed by atoms with Crippen molar-refractivity contribution in [2.75, 3.05) is 0 Å². The summed E-state index contributed by atoms with van der Waals surface area (Å²) >= 11 is 0. The quantitative estimate of drug-likeness (QED) is 0.0981. The van der Waals surface area contributed by atoms with E-state index < -0.39 is 0 Å². The van der Waals surface area contributed by atoms with E-state index >= 15 is 0 Å². The van der Waals surface area contributed by atoms with Crippen molar-refractivity contribution in [2.24, 2.45) is 0 Å². The Labute approximate surface area is 303 Å². The van der Waals surface area contributed by atoms with Crippen LogP contribution in [0, 0.1) is 0 Å². The molecule has 0 saturated heterocycles. The summed E-state index contributed by atoms with van der Waals surface area (Å²) in [7, 11) is 0. The lowest BCUT2D eigenvalue weighted by molar-refractivity contribution is 1.60. The van der Waals surface area contributed by atoms with Gasteiger partial charge in [-0.3, -0.25) is 0 Å². The fourth-order valence-electron chi connectivity index (χ4n) is 8.26. The molecule has 0 atom stereocenters. The van der Waals surface area contributed by atoms with Crippen LogP contribution >= 0.6 is 0 Å². The van der Waals surface area contributed by atoms with Gasteiger partial charge >= 0.3 is 0 Å². The number of rotatable bonds is 5. The van der Waals surface area contributed by atoms with Gasteiger partial charge in [-0.25, -0.2) is 0 Å². The largest absolute Gasteiger partial charge is 0.0622 e. The van der Waals surface area contributed by atoms with E-state index in [9.17, 15) is 0 Å². The average molecular weight is 659 g/mol. The van der Waals surface area contributed by atoms with E-state index in [1.54, 1.807) is 0 Å². The van der Waals surface area contributed by atoms with E-state index in [1.165, 1.54) is 98.4 Å². The molecule has 0 heteroatoms. The van der Waals surface area contributed by atoms with Crippen molar-refractivity contribution in [2.45, 2.75) is 0 Å². The van der Waals surface area contributed by atoms with Gasteiger partial charge in [0.1, 0.15) is 0 Å². The molecule has 0 aliphatic carbocycles. The summed E-state index contributed by atoms with van der Waals surface area (Å²) in [5.74, 6) is 0. The summed E-state index contributed by atoms with van der Waals surface area (Å²) in [5, 5.41) is 12.7. The SMILES string of the molecule is C(=Cc1ccc(-c2c3ccccc3c(-c3cc4ccccc4c4ccccc34)c3ccccc23)c2ccccc12)c1ccc(-c2ccccc2)cc1. The molecular weight excluding hydrogens is 625 g/mol. The van der Waals surface area contributed by atoms with Gasteiger partial charge in [-0.1, -0.05) is 200 Å². The Kier molecular flexibility index (Phi) is 7.25. The van der Waals surface area contributed by atoms with Crippen molar-refractivity contribution in [3.63, 3.8) is 0 Å². The maximum atomic E-state index is 2.40. The monoisotopic (exact) mass is 658 g/mol. The summed E-state index contributed by atoms with van der Waals surface area (Å²) < 4.78 is 0. The van der Waals surface area contributed by atoms with Crippen LogP contribution < -0.4 is 0 Å². The minimum atomic E-state index is 1.18. The average Bonchev–Trinajstić information content (AvgIpc) is 3.22. The minimum absolute atomic E-state index is 1.18. The Balaban J connectivity index is 1.17. The Morgan fingerprint density at radius 1 is 0.269 bits per heavy atom. The molecule has 0 heterocycles. The number of hydrogen-bond acceptors (Lipinski definition) is 0. The van der Waals surface area contributed by atoms with Crippen LogP contribution in [-0.4, -0.2) is 0 Å². The van der Waals surface area contributed by atoms with Crippen LogP contribution in [0.1, 0.15) is 11.1 Å². The molecule has 52 heavy (non-hydrogen) atoms. The highest BCUT2D eigenvalue weighted by Crippen LogP contribution is 2.47. The summed E-state index contributed by atoms with van der Waals surface area (Å²) in [6.45, 7) is 0. The van der Waals surface area contributed by atoms with E-state index in [4.69, 9.17) is 0 Å². The van der Waals surface area contributed by atoms with Gasteiger partial charge in [0.25, 0.3) is 0 Å².